The van der Waals surface area contributed by atoms with Gasteiger partial charge in [0.15, 0.2) is 5.78 Å². The first-order chi connectivity index (χ1) is 11.4. The van der Waals surface area contributed by atoms with E-state index in [0.717, 1.165) is 47.9 Å². The lowest BCUT2D eigenvalue weighted by Gasteiger charge is -2.24. The van der Waals surface area contributed by atoms with Gasteiger partial charge in [-0.3, -0.25) is 4.79 Å². The third kappa shape index (κ3) is 2.52. The van der Waals surface area contributed by atoms with Gasteiger partial charge in [0.1, 0.15) is 5.60 Å². The maximum atomic E-state index is 12.8. The van der Waals surface area contributed by atoms with E-state index < -0.39 is 5.60 Å². The molecule has 3 heteroatoms. The lowest BCUT2D eigenvalue weighted by molar-refractivity contribution is -0.145. The van der Waals surface area contributed by atoms with E-state index >= 15 is 0 Å². The first-order valence-corrected chi connectivity index (χ1v) is 8.63. The van der Waals surface area contributed by atoms with Gasteiger partial charge in [-0.15, -0.1) is 0 Å². The van der Waals surface area contributed by atoms with Gasteiger partial charge in [-0.2, -0.15) is 0 Å². The van der Waals surface area contributed by atoms with Crippen molar-refractivity contribution in [2.45, 2.75) is 59.0 Å². The van der Waals surface area contributed by atoms with Crippen LogP contribution in [0.3, 0.4) is 0 Å². The van der Waals surface area contributed by atoms with Gasteiger partial charge in [-0.25, -0.2) is 4.79 Å². The molecule has 1 spiro atoms. The molecule has 0 radical (unpaired) electrons. The fraction of sp³-hybridized carbons (Fsp3) is 0.429. The number of hydrogen-bond donors (Lipinski definition) is 0. The number of ketones is 1. The summed E-state index contributed by atoms with van der Waals surface area (Å²) in [5.41, 5.74) is 4.38. The van der Waals surface area contributed by atoms with Crippen LogP contribution in [0.25, 0.3) is 5.57 Å². The van der Waals surface area contributed by atoms with Crippen molar-refractivity contribution >= 4 is 17.3 Å². The summed E-state index contributed by atoms with van der Waals surface area (Å²) in [7, 11) is 0. The summed E-state index contributed by atoms with van der Waals surface area (Å²) >= 11 is 0. The highest BCUT2D eigenvalue weighted by atomic mass is 16.6. The number of allylic oxidation sites excluding steroid dienone is 2. The zero-order chi connectivity index (χ0) is 17.5. The molecule has 126 valence electrons. The lowest BCUT2D eigenvalue weighted by Crippen LogP contribution is -2.31. The number of carbonyl (C=O) groups excluding carboxylic acids is 2. The van der Waals surface area contributed by atoms with Gasteiger partial charge in [-0.05, 0) is 76.1 Å². The normalized spacial score (nSPS) is 19.6. The lowest BCUT2D eigenvalue weighted by atomic mass is 9.83. The Bertz CT molecular complexity index is 751. The Balaban J connectivity index is 2.30. The standard InChI is InChI=1S/C21H24O3/c1-5-8-16(22)19-18(17-14(3)11-13(2)12-15(17)4)20(23)24-21(19)9-6-7-10-21/h5,8,11-12H,6-7,9-10H2,1-4H3/b8-5+. The number of carbonyl (C=O) groups is 2. The summed E-state index contributed by atoms with van der Waals surface area (Å²) < 4.78 is 5.83. The summed E-state index contributed by atoms with van der Waals surface area (Å²) in [6, 6.07) is 4.11. The zero-order valence-electron chi connectivity index (χ0n) is 14.9. The summed E-state index contributed by atoms with van der Waals surface area (Å²) in [6.07, 6.45) is 6.73. The topological polar surface area (TPSA) is 43.4 Å². The smallest absolute Gasteiger partial charge is 0.340 e. The fourth-order valence-corrected chi connectivity index (χ4v) is 4.29. The summed E-state index contributed by atoms with van der Waals surface area (Å²) in [5, 5.41) is 0. The molecule has 0 saturated heterocycles. The maximum Gasteiger partial charge on any atom is 0.340 e. The molecule has 0 amide bonds. The van der Waals surface area contributed by atoms with Crippen LogP contribution in [0.1, 0.15) is 54.9 Å². The second-order valence-corrected chi connectivity index (χ2v) is 6.98. The van der Waals surface area contributed by atoms with E-state index in [1.807, 2.05) is 27.7 Å². The van der Waals surface area contributed by atoms with Gasteiger partial charge in [0.2, 0.25) is 0 Å². The van der Waals surface area contributed by atoms with Crippen LogP contribution >= 0.6 is 0 Å². The maximum absolute atomic E-state index is 12.8. The van der Waals surface area contributed by atoms with Crippen LogP contribution in [-0.2, 0) is 14.3 Å². The molecule has 1 aromatic carbocycles. The molecule has 1 fully saturated rings. The van der Waals surface area contributed by atoms with E-state index in [4.69, 9.17) is 4.74 Å². The molecule has 3 nitrogen and oxygen atoms in total. The molecule has 24 heavy (non-hydrogen) atoms. The largest absolute Gasteiger partial charge is 0.450 e. The Hall–Kier alpha value is -2.16. The van der Waals surface area contributed by atoms with Crippen LogP contribution < -0.4 is 0 Å². The van der Waals surface area contributed by atoms with Crippen molar-refractivity contribution in [1.82, 2.24) is 0 Å². The van der Waals surface area contributed by atoms with Crippen molar-refractivity contribution in [2.24, 2.45) is 0 Å². The Morgan fingerprint density at radius 2 is 1.71 bits per heavy atom. The Morgan fingerprint density at radius 3 is 2.25 bits per heavy atom. The average molecular weight is 324 g/mol. The second kappa shape index (κ2) is 6.04. The molecule has 0 bridgehead atoms. The quantitative estimate of drug-likeness (QED) is 0.612. The van der Waals surface area contributed by atoms with Crippen LogP contribution in [0.2, 0.25) is 0 Å². The molecule has 0 aromatic heterocycles. The van der Waals surface area contributed by atoms with E-state index in [0.29, 0.717) is 11.1 Å². The number of benzene rings is 1. The van der Waals surface area contributed by atoms with E-state index in [2.05, 4.69) is 12.1 Å². The Labute approximate surface area is 143 Å². The molecule has 1 aliphatic heterocycles. The van der Waals surface area contributed by atoms with Gasteiger partial charge in [-0.1, -0.05) is 23.8 Å². The van der Waals surface area contributed by atoms with Crippen molar-refractivity contribution in [3.05, 3.63) is 52.1 Å². The highest BCUT2D eigenvalue weighted by molar-refractivity contribution is 6.29. The van der Waals surface area contributed by atoms with Crippen LogP contribution in [-0.4, -0.2) is 17.4 Å². The average Bonchev–Trinajstić information content (AvgIpc) is 3.04. The van der Waals surface area contributed by atoms with E-state index in [1.54, 1.807) is 12.2 Å². The Morgan fingerprint density at radius 1 is 1.12 bits per heavy atom. The molecule has 1 saturated carbocycles. The highest BCUT2D eigenvalue weighted by Gasteiger charge is 2.52. The van der Waals surface area contributed by atoms with Gasteiger partial charge in [0.05, 0.1) is 11.1 Å². The van der Waals surface area contributed by atoms with Crippen molar-refractivity contribution in [1.29, 1.82) is 0 Å². The molecule has 0 N–H and O–H groups in total. The molecular weight excluding hydrogens is 300 g/mol. The van der Waals surface area contributed by atoms with Crippen LogP contribution in [0.15, 0.2) is 29.9 Å². The van der Waals surface area contributed by atoms with Crippen LogP contribution in [0, 0.1) is 20.8 Å². The third-order valence-corrected chi connectivity index (χ3v) is 5.10. The number of esters is 1. The number of hydrogen-bond acceptors (Lipinski definition) is 3. The molecule has 2 aliphatic rings. The predicted octanol–water partition coefficient (Wildman–Crippen LogP) is 4.38. The summed E-state index contributed by atoms with van der Waals surface area (Å²) in [5.74, 6) is -0.445. The minimum atomic E-state index is -0.715. The van der Waals surface area contributed by atoms with E-state index in [1.165, 1.54) is 0 Å². The van der Waals surface area contributed by atoms with Gasteiger partial charge in [0, 0.05) is 0 Å². The van der Waals surface area contributed by atoms with Crippen LogP contribution in [0.4, 0.5) is 0 Å². The molecule has 0 atom stereocenters. The monoisotopic (exact) mass is 324 g/mol. The van der Waals surface area contributed by atoms with Crippen LogP contribution in [0.5, 0.6) is 0 Å². The Kier molecular flexibility index (Phi) is 4.20. The molecule has 1 aliphatic carbocycles. The molecular formula is C21H24O3. The molecule has 0 unspecified atom stereocenters. The molecule has 1 heterocycles. The van der Waals surface area contributed by atoms with Crippen molar-refractivity contribution in [3.8, 4) is 0 Å². The minimum Gasteiger partial charge on any atom is -0.450 e. The summed E-state index contributed by atoms with van der Waals surface area (Å²) in [6.45, 7) is 7.84. The zero-order valence-corrected chi connectivity index (χ0v) is 14.9. The second-order valence-electron chi connectivity index (χ2n) is 6.98. The minimum absolute atomic E-state index is 0.0976. The SMILES string of the molecule is C/C=C/C(=O)C1=C(c2c(C)cc(C)cc2C)C(=O)OC12CCCC2. The molecule has 1 aromatic rings. The van der Waals surface area contributed by atoms with Crippen molar-refractivity contribution < 1.29 is 14.3 Å². The van der Waals surface area contributed by atoms with Crippen molar-refractivity contribution in [3.63, 3.8) is 0 Å². The van der Waals surface area contributed by atoms with Gasteiger partial charge in [0.25, 0.3) is 0 Å². The fourth-order valence-electron chi connectivity index (χ4n) is 4.29. The van der Waals surface area contributed by atoms with Gasteiger partial charge < -0.3 is 4.74 Å². The predicted molar refractivity (Wildman–Crippen MR) is 94.7 cm³/mol. The first kappa shape index (κ1) is 16.7. The van der Waals surface area contributed by atoms with E-state index in [-0.39, 0.29) is 11.8 Å². The number of aryl methyl sites for hydroxylation is 3. The van der Waals surface area contributed by atoms with E-state index in [9.17, 15) is 9.59 Å². The van der Waals surface area contributed by atoms with Crippen molar-refractivity contribution in [2.75, 3.05) is 0 Å². The van der Waals surface area contributed by atoms with Gasteiger partial charge >= 0.3 is 5.97 Å². The number of rotatable bonds is 3. The molecule has 3 rings (SSSR count). The third-order valence-electron chi connectivity index (χ3n) is 5.10. The highest BCUT2D eigenvalue weighted by Crippen LogP contribution is 2.49. The number of ether oxygens (including phenoxy) is 1. The summed E-state index contributed by atoms with van der Waals surface area (Å²) in [4.78, 5) is 25.6. The first-order valence-electron chi connectivity index (χ1n) is 8.63.